The largest absolute Gasteiger partial charge is 0.444 e. The summed E-state index contributed by atoms with van der Waals surface area (Å²) in [5, 5.41) is 9.44. The molecular weight excluding hydrogens is 182 g/mol. The van der Waals surface area contributed by atoms with Gasteiger partial charge in [0.15, 0.2) is 0 Å². The Balaban J connectivity index is 2.57. The second-order valence-corrected chi connectivity index (χ2v) is 5.26. The number of amides is 1. The van der Waals surface area contributed by atoms with Crippen LogP contribution in [0.4, 0.5) is 4.79 Å². The van der Waals surface area contributed by atoms with E-state index in [1.807, 2.05) is 34.6 Å². The molecule has 1 heterocycles. The number of nitrogens with zero attached hydrogens (tertiary/aromatic N) is 1. The fourth-order valence-electron chi connectivity index (χ4n) is 1.33. The third-order valence-corrected chi connectivity index (χ3v) is 2.48. The molecule has 1 atom stereocenters. The molecule has 0 saturated carbocycles. The molecule has 0 unspecified atom stereocenters. The minimum atomic E-state index is -0.498. The molecule has 1 amide bonds. The van der Waals surface area contributed by atoms with Crippen LogP contribution in [0.3, 0.4) is 0 Å². The molecule has 0 aliphatic carbocycles. The second kappa shape index (κ2) is 3.12. The third kappa shape index (κ3) is 2.00. The van der Waals surface area contributed by atoms with Gasteiger partial charge in [-0.2, -0.15) is 0 Å². The predicted octanol–water partition coefficient (Wildman–Crippen LogP) is 1.38. The molecule has 1 N–H and O–H groups in total. The average Bonchev–Trinajstić information content (AvgIpc) is 1.96. The van der Waals surface area contributed by atoms with Gasteiger partial charge in [0.2, 0.25) is 0 Å². The van der Waals surface area contributed by atoms with E-state index >= 15 is 0 Å². The topological polar surface area (TPSA) is 49.8 Å². The Hall–Kier alpha value is -0.770. The number of β-amino-alcohol motifs (C(OH)–C–C–N with tert-alkyl or cyclic N) is 1. The number of rotatable bonds is 0. The molecule has 0 aromatic heterocycles. The summed E-state index contributed by atoms with van der Waals surface area (Å²) in [6, 6.07) is 0. The highest BCUT2D eigenvalue weighted by Crippen LogP contribution is 2.31. The molecule has 1 aliphatic heterocycles. The number of ether oxygens (including phenoxy) is 1. The normalized spacial score (nSPS) is 25.6. The summed E-state index contributed by atoms with van der Waals surface area (Å²) in [4.78, 5) is 13.1. The number of carbonyl (C=O) groups excluding carboxylic acids is 1. The van der Waals surface area contributed by atoms with Crippen LogP contribution in [-0.4, -0.2) is 39.9 Å². The van der Waals surface area contributed by atoms with Crippen molar-refractivity contribution in [1.29, 1.82) is 0 Å². The highest BCUT2D eigenvalue weighted by molar-refractivity contribution is 5.70. The fourth-order valence-corrected chi connectivity index (χ4v) is 1.33. The lowest BCUT2D eigenvalue weighted by atomic mass is 9.86. The van der Waals surface area contributed by atoms with Crippen molar-refractivity contribution in [3.8, 4) is 0 Å². The summed E-state index contributed by atoms with van der Waals surface area (Å²) >= 11 is 0. The lowest BCUT2D eigenvalue weighted by molar-refractivity contribution is -0.113. The Morgan fingerprint density at radius 1 is 1.50 bits per heavy atom. The summed E-state index contributed by atoms with van der Waals surface area (Å²) in [5.41, 5.74) is -0.976. The number of aliphatic hydroxyl groups is 1. The van der Waals surface area contributed by atoms with Crippen molar-refractivity contribution in [2.75, 3.05) is 6.54 Å². The summed E-state index contributed by atoms with van der Waals surface area (Å²) in [6.07, 6.45) is -0.803. The number of hydrogen-bond acceptors (Lipinski definition) is 3. The van der Waals surface area contributed by atoms with Gasteiger partial charge in [0, 0.05) is 0 Å². The van der Waals surface area contributed by atoms with Gasteiger partial charge in [-0.05, 0) is 34.6 Å². The van der Waals surface area contributed by atoms with E-state index in [1.54, 1.807) is 4.90 Å². The van der Waals surface area contributed by atoms with Gasteiger partial charge in [-0.3, -0.25) is 4.90 Å². The second-order valence-electron chi connectivity index (χ2n) is 5.26. The molecule has 1 saturated heterocycles. The number of carbonyl (C=O) groups is 1. The van der Waals surface area contributed by atoms with Crippen LogP contribution >= 0.6 is 0 Å². The van der Waals surface area contributed by atoms with Crippen LogP contribution in [0.1, 0.15) is 34.6 Å². The van der Waals surface area contributed by atoms with E-state index in [0.29, 0.717) is 6.54 Å². The summed E-state index contributed by atoms with van der Waals surface area (Å²) in [6.45, 7) is 9.49. The minimum absolute atomic E-state index is 0.354. The van der Waals surface area contributed by atoms with Crippen molar-refractivity contribution < 1.29 is 14.6 Å². The molecule has 0 radical (unpaired) electrons. The zero-order valence-electron chi connectivity index (χ0n) is 9.50. The average molecular weight is 201 g/mol. The van der Waals surface area contributed by atoms with Gasteiger partial charge < -0.3 is 9.84 Å². The first-order chi connectivity index (χ1) is 6.14. The van der Waals surface area contributed by atoms with Crippen molar-refractivity contribution in [2.24, 2.45) is 0 Å². The highest BCUT2D eigenvalue weighted by Gasteiger charge is 2.49. The molecular formula is C10H19NO3. The lowest BCUT2D eigenvalue weighted by Gasteiger charge is -2.52. The van der Waals surface area contributed by atoms with Crippen LogP contribution in [0.25, 0.3) is 0 Å². The fraction of sp³-hybridized carbons (Fsp3) is 0.900. The maximum atomic E-state index is 11.6. The quantitative estimate of drug-likeness (QED) is 0.644. The van der Waals surface area contributed by atoms with Gasteiger partial charge in [0.25, 0.3) is 0 Å². The SMILES string of the molecule is CC(C)(C)OC(=O)N1C[C@@H](O)C1(C)C. The van der Waals surface area contributed by atoms with E-state index in [2.05, 4.69) is 0 Å². The van der Waals surface area contributed by atoms with Crippen LogP contribution in [0.15, 0.2) is 0 Å². The Morgan fingerprint density at radius 2 is 2.00 bits per heavy atom. The molecule has 1 aliphatic rings. The molecule has 4 nitrogen and oxygen atoms in total. The standard InChI is InChI=1S/C10H19NO3/c1-9(2,3)14-8(13)11-6-7(12)10(11,4)5/h7,12H,6H2,1-5H3/t7-/m1/s1. The first kappa shape index (κ1) is 11.3. The maximum absolute atomic E-state index is 11.6. The molecule has 0 bridgehead atoms. The van der Waals surface area contributed by atoms with Gasteiger partial charge in [-0.25, -0.2) is 4.79 Å². The van der Waals surface area contributed by atoms with E-state index in [1.165, 1.54) is 0 Å². The van der Waals surface area contributed by atoms with Crippen molar-refractivity contribution >= 4 is 6.09 Å². The summed E-state index contributed by atoms with van der Waals surface area (Å²) < 4.78 is 5.20. The molecule has 0 spiro atoms. The molecule has 1 fully saturated rings. The van der Waals surface area contributed by atoms with Crippen LogP contribution in [-0.2, 0) is 4.74 Å². The van der Waals surface area contributed by atoms with E-state index in [0.717, 1.165) is 0 Å². The smallest absolute Gasteiger partial charge is 0.410 e. The zero-order valence-corrected chi connectivity index (χ0v) is 9.50. The van der Waals surface area contributed by atoms with Crippen molar-refractivity contribution in [2.45, 2.75) is 51.9 Å². The molecule has 0 aromatic carbocycles. The number of hydrogen-bond donors (Lipinski definition) is 1. The number of likely N-dealkylation sites (tertiary alicyclic amines) is 1. The molecule has 1 rings (SSSR count). The molecule has 82 valence electrons. The summed E-state index contributed by atoms with van der Waals surface area (Å²) in [7, 11) is 0. The maximum Gasteiger partial charge on any atom is 0.410 e. The van der Waals surface area contributed by atoms with Crippen LogP contribution in [0.2, 0.25) is 0 Å². The van der Waals surface area contributed by atoms with Gasteiger partial charge in [-0.1, -0.05) is 0 Å². The Kier molecular flexibility index (Phi) is 2.52. The van der Waals surface area contributed by atoms with E-state index in [4.69, 9.17) is 4.74 Å². The first-order valence-corrected chi connectivity index (χ1v) is 4.83. The Labute approximate surface area is 84.8 Å². The van der Waals surface area contributed by atoms with Gasteiger partial charge in [0.1, 0.15) is 5.60 Å². The van der Waals surface area contributed by atoms with E-state index < -0.39 is 17.2 Å². The monoisotopic (exact) mass is 201 g/mol. The third-order valence-electron chi connectivity index (χ3n) is 2.48. The first-order valence-electron chi connectivity index (χ1n) is 4.83. The Bertz CT molecular complexity index is 242. The van der Waals surface area contributed by atoms with Crippen molar-refractivity contribution in [3.05, 3.63) is 0 Å². The molecule has 4 heteroatoms. The van der Waals surface area contributed by atoms with Crippen LogP contribution in [0, 0.1) is 0 Å². The minimum Gasteiger partial charge on any atom is -0.444 e. The van der Waals surface area contributed by atoms with Crippen LogP contribution in [0.5, 0.6) is 0 Å². The van der Waals surface area contributed by atoms with Crippen LogP contribution < -0.4 is 0 Å². The van der Waals surface area contributed by atoms with E-state index in [9.17, 15) is 9.90 Å². The zero-order chi connectivity index (χ0) is 11.1. The predicted molar refractivity (Wildman–Crippen MR) is 53.0 cm³/mol. The van der Waals surface area contributed by atoms with Crippen molar-refractivity contribution in [1.82, 2.24) is 4.90 Å². The summed E-state index contributed by atoms with van der Waals surface area (Å²) in [5.74, 6) is 0. The van der Waals surface area contributed by atoms with Gasteiger partial charge in [0.05, 0.1) is 18.2 Å². The molecule has 14 heavy (non-hydrogen) atoms. The molecule has 0 aromatic rings. The van der Waals surface area contributed by atoms with Crippen molar-refractivity contribution in [3.63, 3.8) is 0 Å². The van der Waals surface area contributed by atoms with Gasteiger partial charge >= 0.3 is 6.09 Å². The lowest BCUT2D eigenvalue weighted by Crippen LogP contribution is -2.69. The van der Waals surface area contributed by atoms with E-state index in [-0.39, 0.29) is 6.09 Å². The number of aliphatic hydroxyl groups excluding tert-OH is 1. The Morgan fingerprint density at radius 3 is 2.29 bits per heavy atom. The van der Waals surface area contributed by atoms with Gasteiger partial charge in [-0.15, -0.1) is 0 Å². The highest BCUT2D eigenvalue weighted by atomic mass is 16.6.